The minimum atomic E-state index is -0.370. The highest BCUT2D eigenvalue weighted by atomic mass is 32.1. The van der Waals surface area contributed by atoms with E-state index in [9.17, 15) is 4.79 Å². The molecule has 0 spiro atoms. The predicted molar refractivity (Wildman–Crippen MR) is 92.4 cm³/mol. The molecule has 8 nitrogen and oxygen atoms in total. The van der Waals surface area contributed by atoms with E-state index in [2.05, 4.69) is 15.5 Å². The van der Waals surface area contributed by atoms with Crippen molar-refractivity contribution in [3.8, 4) is 17.2 Å². The number of methoxy groups -OCH3 is 3. The highest BCUT2D eigenvalue weighted by Crippen LogP contribution is 2.37. The Bertz CT molecular complexity index is 748. The number of hydrogen-bond donors (Lipinski definition) is 2. The molecule has 3 N–H and O–H groups in total. The number of benzene rings is 1. The van der Waals surface area contributed by atoms with E-state index in [1.54, 1.807) is 19.1 Å². The summed E-state index contributed by atoms with van der Waals surface area (Å²) in [7, 11) is 4.57. The molecule has 0 aliphatic carbocycles. The molecule has 0 atom stereocenters. The Balaban J connectivity index is 2.17. The fourth-order valence-corrected chi connectivity index (χ4v) is 2.74. The highest BCUT2D eigenvalue weighted by Gasteiger charge is 2.14. The molecule has 0 bridgehead atoms. The summed E-state index contributed by atoms with van der Waals surface area (Å²) < 4.78 is 15.8. The average Bonchev–Trinajstić information content (AvgIpc) is 2.92. The van der Waals surface area contributed by atoms with Crippen molar-refractivity contribution in [2.75, 3.05) is 27.1 Å². The number of rotatable bonds is 6. The van der Waals surface area contributed by atoms with Crippen molar-refractivity contribution in [3.63, 3.8) is 0 Å². The van der Waals surface area contributed by atoms with E-state index in [0.29, 0.717) is 38.5 Å². The molecule has 1 amide bonds. The predicted octanol–water partition coefficient (Wildman–Crippen LogP) is 1.82. The molecule has 0 unspecified atom stereocenters. The summed E-state index contributed by atoms with van der Waals surface area (Å²) in [4.78, 5) is 16.5. The molecule has 24 heavy (non-hydrogen) atoms. The Morgan fingerprint density at radius 3 is 2.33 bits per heavy atom. The van der Waals surface area contributed by atoms with Crippen LogP contribution < -0.4 is 25.4 Å². The first-order valence-corrected chi connectivity index (χ1v) is 7.68. The van der Waals surface area contributed by atoms with Gasteiger partial charge in [-0.15, -0.1) is 0 Å². The zero-order valence-corrected chi connectivity index (χ0v) is 14.6. The summed E-state index contributed by atoms with van der Waals surface area (Å²) in [5.41, 5.74) is 9.25. The Labute approximate surface area is 143 Å². The lowest BCUT2D eigenvalue weighted by molar-refractivity contribution is 0.0958. The van der Waals surface area contributed by atoms with Crippen LogP contribution in [0.15, 0.2) is 17.2 Å². The van der Waals surface area contributed by atoms with Gasteiger partial charge in [0.25, 0.3) is 5.91 Å². The number of nitrogen functional groups attached to an aromatic ring is 1. The second-order valence-corrected chi connectivity index (χ2v) is 5.66. The minimum Gasteiger partial charge on any atom is -0.493 e. The van der Waals surface area contributed by atoms with E-state index >= 15 is 0 Å². The van der Waals surface area contributed by atoms with Gasteiger partial charge in [0.05, 0.1) is 33.2 Å². The van der Waals surface area contributed by atoms with Gasteiger partial charge in [-0.1, -0.05) is 11.3 Å². The first-order chi connectivity index (χ1) is 11.5. The number of thiazole rings is 1. The number of aromatic nitrogens is 1. The fraction of sp³-hybridized carbons (Fsp3) is 0.267. The largest absolute Gasteiger partial charge is 0.493 e. The van der Waals surface area contributed by atoms with Crippen LogP contribution in [0.5, 0.6) is 17.2 Å². The molecule has 0 radical (unpaired) electrons. The summed E-state index contributed by atoms with van der Waals surface area (Å²) in [5.74, 6) is 1.11. The average molecular weight is 350 g/mol. The lowest BCUT2D eigenvalue weighted by atomic mass is 10.2. The van der Waals surface area contributed by atoms with Gasteiger partial charge in [0, 0.05) is 5.56 Å². The SMILES string of the molecule is COc1cc(/C=N/NC(=O)c2sc(N)nc2C)cc(OC)c1OC. The van der Waals surface area contributed by atoms with E-state index in [-0.39, 0.29) is 5.91 Å². The van der Waals surface area contributed by atoms with Crippen molar-refractivity contribution < 1.29 is 19.0 Å². The molecule has 1 aromatic heterocycles. The molecule has 0 saturated carbocycles. The van der Waals surface area contributed by atoms with Gasteiger partial charge in [-0.2, -0.15) is 5.10 Å². The third-order valence-corrected chi connectivity index (χ3v) is 4.07. The number of aryl methyl sites for hydroxylation is 1. The minimum absolute atomic E-state index is 0.339. The summed E-state index contributed by atoms with van der Waals surface area (Å²) >= 11 is 1.11. The number of nitrogens with two attached hydrogens (primary N) is 1. The Morgan fingerprint density at radius 1 is 1.25 bits per heavy atom. The number of hydrazone groups is 1. The maximum atomic E-state index is 12.0. The molecule has 2 rings (SSSR count). The number of nitrogens with zero attached hydrogens (tertiary/aromatic N) is 2. The van der Waals surface area contributed by atoms with Crippen molar-refractivity contribution in [1.82, 2.24) is 10.4 Å². The van der Waals surface area contributed by atoms with Crippen molar-refractivity contribution in [1.29, 1.82) is 0 Å². The fourth-order valence-electron chi connectivity index (χ4n) is 2.02. The number of carbonyl (C=O) groups excluding carboxylic acids is 1. The molecular formula is C15H18N4O4S. The van der Waals surface area contributed by atoms with Gasteiger partial charge < -0.3 is 19.9 Å². The summed E-state index contributed by atoms with van der Waals surface area (Å²) in [6.07, 6.45) is 1.47. The van der Waals surface area contributed by atoms with E-state index in [4.69, 9.17) is 19.9 Å². The van der Waals surface area contributed by atoms with Crippen LogP contribution in [0.3, 0.4) is 0 Å². The first-order valence-electron chi connectivity index (χ1n) is 6.86. The molecular weight excluding hydrogens is 332 g/mol. The number of amides is 1. The summed E-state index contributed by atoms with van der Waals surface area (Å²) in [6.45, 7) is 1.71. The summed E-state index contributed by atoms with van der Waals surface area (Å²) in [5, 5.41) is 4.28. The van der Waals surface area contributed by atoms with Crippen molar-refractivity contribution in [2.24, 2.45) is 5.10 Å². The van der Waals surface area contributed by atoms with E-state index in [0.717, 1.165) is 11.3 Å². The van der Waals surface area contributed by atoms with E-state index in [1.165, 1.54) is 27.5 Å². The smallest absolute Gasteiger partial charge is 0.283 e. The molecule has 0 aliphatic rings. The quantitative estimate of drug-likeness (QED) is 0.608. The third-order valence-electron chi connectivity index (χ3n) is 3.09. The number of carbonyl (C=O) groups is 1. The van der Waals surface area contributed by atoms with E-state index in [1.807, 2.05) is 0 Å². The zero-order valence-electron chi connectivity index (χ0n) is 13.7. The lowest BCUT2D eigenvalue weighted by Crippen LogP contribution is -2.17. The Kier molecular flexibility index (Phi) is 5.59. The van der Waals surface area contributed by atoms with E-state index < -0.39 is 0 Å². The molecule has 0 saturated heterocycles. The maximum absolute atomic E-state index is 12.0. The van der Waals surface area contributed by atoms with Gasteiger partial charge in [0.1, 0.15) is 4.88 Å². The maximum Gasteiger partial charge on any atom is 0.283 e. The highest BCUT2D eigenvalue weighted by molar-refractivity contribution is 7.17. The normalized spacial score (nSPS) is 10.7. The van der Waals surface area contributed by atoms with Gasteiger partial charge in [0.15, 0.2) is 16.6 Å². The van der Waals surface area contributed by atoms with Crippen LogP contribution in [-0.4, -0.2) is 38.4 Å². The van der Waals surface area contributed by atoms with Gasteiger partial charge in [0.2, 0.25) is 5.75 Å². The van der Waals surface area contributed by atoms with Crippen LogP contribution >= 0.6 is 11.3 Å². The molecule has 128 valence electrons. The second-order valence-electron chi connectivity index (χ2n) is 4.62. The van der Waals surface area contributed by atoms with Crippen molar-refractivity contribution in [2.45, 2.75) is 6.92 Å². The Morgan fingerprint density at radius 2 is 1.88 bits per heavy atom. The number of nitrogens with one attached hydrogen (secondary N) is 1. The standard InChI is InChI=1S/C15H18N4O4S/c1-8-13(24-15(16)18-8)14(20)19-17-7-9-5-10(21-2)12(23-4)11(6-9)22-3/h5-7H,1-4H3,(H2,16,18)(H,19,20)/b17-7+. The molecule has 2 aromatic rings. The number of anilines is 1. The van der Waals surface area contributed by atoms with Crippen LogP contribution in [0.25, 0.3) is 0 Å². The topological polar surface area (TPSA) is 108 Å². The molecule has 1 heterocycles. The van der Waals surface area contributed by atoms with Crippen molar-refractivity contribution in [3.05, 3.63) is 28.3 Å². The van der Waals surface area contributed by atoms with Crippen molar-refractivity contribution >= 4 is 28.6 Å². The van der Waals surface area contributed by atoms with Crippen LogP contribution in [0, 0.1) is 6.92 Å². The molecule has 0 fully saturated rings. The van der Waals surface area contributed by atoms with Gasteiger partial charge in [-0.3, -0.25) is 4.79 Å². The van der Waals surface area contributed by atoms with Gasteiger partial charge in [-0.05, 0) is 19.1 Å². The monoisotopic (exact) mass is 350 g/mol. The van der Waals surface area contributed by atoms with Crippen LogP contribution in [0.4, 0.5) is 5.13 Å². The molecule has 0 aliphatic heterocycles. The first kappa shape index (κ1) is 17.5. The number of ether oxygens (including phenoxy) is 3. The molecule has 9 heteroatoms. The second kappa shape index (κ2) is 7.64. The molecule has 1 aromatic carbocycles. The van der Waals surface area contributed by atoms with Gasteiger partial charge in [-0.25, -0.2) is 10.4 Å². The van der Waals surface area contributed by atoms with Crippen LogP contribution in [0.1, 0.15) is 20.9 Å². The Hall–Kier alpha value is -2.81. The van der Waals surface area contributed by atoms with Gasteiger partial charge >= 0.3 is 0 Å². The zero-order chi connectivity index (χ0) is 17.7. The lowest BCUT2D eigenvalue weighted by Gasteiger charge is -2.12. The summed E-state index contributed by atoms with van der Waals surface area (Å²) in [6, 6.07) is 3.43. The number of hydrogen-bond acceptors (Lipinski definition) is 8. The third kappa shape index (κ3) is 3.74. The van der Waals surface area contributed by atoms with Crippen LogP contribution in [0.2, 0.25) is 0 Å². The van der Waals surface area contributed by atoms with Crippen LogP contribution in [-0.2, 0) is 0 Å².